The molecule has 0 fully saturated rings. The van der Waals surface area contributed by atoms with E-state index in [0.29, 0.717) is 5.92 Å². The van der Waals surface area contributed by atoms with Crippen molar-refractivity contribution in [2.45, 2.75) is 39.7 Å². The van der Waals surface area contributed by atoms with Gasteiger partial charge in [-0.3, -0.25) is 0 Å². The molecule has 0 amide bonds. The molecule has 2 aromatic carbocycles. The molecule has 2 N–H and O–H groups in total. The second kappa shape index (κ2) is 6.11. The van der Waals surface area contributed by atoms with Crippen LogP contribution < -0.4 is 5.73 Å². The van der Waals surface area contributed by atoms with E-state index in [2.05, 4.69) is 80.0 Å². The summed E-state index contributed by atoms with van der Waals surface area (Å²) >= 11 is 3.57. The molecule has 0 aliphatic carbocycles. The molecular weight excluding hydrogens is 310 g/mol. The molecule has 1 atom stereocenters. The van der Waals surface area contributed by atoms with Crippen LogP contribution in [0.1, 0.15) is 53.6 Å². The van der Waals surface area contributed by atoms with E-state index >= 15 is 0 Å². The quantitative estimate of drug-likeness (QED) is 0.817. The van der Waals surface area contributed by atoms with Crippen molar-refractivity contribution in [2.75, 3.05) is 0 Å². The first-order valence-corrected chi connectivity index (χ1v) is 7.81. The highest BCUT2D eigenvalue weighted by Crippen LogP contribution is 2.28. The maximum Gasteiger partial charge on any atom is 0.0554 e. The van der Waals surface area contributed by atoms with Gasteiger partial charge in [-0.25, -0.2) is 0 Å². The fourth-order valence-electron chi connectivity index (χ4n) is 2.41. The molecule has 1 nitrogen and oxygen atoms in total. The fourth-order valence-corrected chi connectivity index (χ4v) is 2.86. The summed E-state index contributed by atoms with van der Waals surface area (Å²) in [6.45, 7) is 8.62. The van der Waals surface area contributed by atoms with E-state index in [4.69, 9.17) is 5.73 Å². The van der Waals surface area contributed by atoms with E-state index in [0.717, 1.165) is 4.47 Å². The molecule has 0 bridgehead atoms. The summed E-state index contributed by atoms with van der Waals surface area (Å²) in [5.74, 6) is 0.553. The molecule has 0 saturated carbocycles. The molecule has 20 heavy (non-hydrogen) atoms. The third-order valence-electron chi connectivity index (χ3n) is 3.84. The molecule has 0 aliphatic heterocycles. The zero-order chi connectivity index (χ0) is 14.9. The van der Waals surface area contributed by atoms with Gasteiger partial charge in [-0.1, -0.05) is 60.1 Å². The van der Waals surface area contributed by atoms with Crippen LogP contribution in [0.4, 0.5) is 0 Å². The summed E-state index contributed by atoms with van der Waals surface area (Å²) in [7, 11) is 0. The third kappa shape index (κ3) is 3.13. The number of hydrogen-bond donors (Lipinski definition) is 1. The Balaban J connectivity index is 2.36. The predicted octanol–water partition coefficient (Wildman–Crippen LogP) is 5.24. The van der Waals surface area contributed by atoms with Crippen molar-refractivity contribution in [2.24, 2.45) is 5.73 Å². The van der Waals surface area contributed by atoms with Crippen LogP contribution in [-0.4, -0.2) is 0 Å². The molecule has 0 heterocycles. The van der Waals surface area contributed by atoms with Crippen LogP contribution in [-0.2, 0) is 0 Å². The van der Waals surface area contributed by atoms with Crippen LogP contribution in [0.3, 0.4) is 0 Å². The van der Waals surface area contributed by atoms with Gasteiger partial charge in [0.2, 0.25) is 0 Å². The van der Waals surface area contributed by atoms with Crippen molar-refractivity contribution in [3.05, 3.63) is 68.7 Å². The number of aryl methyl sites for hydroxylation is 2. The lowest BCUT2D eigenvalue weighted by Gasteiger charge is -2.18. The minimum atomic E-state index is -0.0667. The fraction of sp³-hybridized carbons (Fsp3) is 0.333. The summed E-state index contributed by atoms with van der Waals surface area (Å²) in [6.07, 6.45) is 0. The predicted molar refractivity (Wildman–Crippen MR) is 90.2 cm³/mol. The van der Waals surface area contributed by atoms with Gasteiger partial charge in [0.1, 0.15) is 0 Å². The molecule has 2 aromatic rings. The largest absolute Gasteiger partial charge is 0.320 e. The Hall–Kier alpha value is -1.12. The van der Waals surface area contributed by atoms with Crippen LogP contribution >= 0.6 is 15.9 Å². The Labute approximate surface area is 130 Å². The zero-order valence-corrected chi connectivity index (χ0v) is 14.2. The van der Waals surface area contributed by atoms with Gasteiger partial charge in [-0.2, -0.15) is 0 Å². The van der Waals surface area contributed by atoms with E-state index in [1.54, 1.807) is 0 Å². The minimum absolute atomic E-state index is 0.0667. The van der Waals surface area contributed by atoms with E-state index in [-0.39, 0.29) is 6.04 Å². The van der Waals surface area contributed by atoms with Gasteiger partial charge in [-0.15, -0.1) is 0 Å². The van der Waals surface area contributed by atoms with Gasteiger partial charge in [0.15, 0.2) is 0 Å². The Morgan fingerprint density at radius 1 is 0.900 bits per heavy atom. The third-order valence-corrected chi connectivity index (χ3v) is 4.70. The average Bonchev–Trinajstić information content (AvgIpc) is 2.42. The van der Waals surface area contributed by atoms with E-state index < -0.39 is 0 Å². The lowest BCUT2D eigenvalue weighted by atomic mass is 9.92. The van der Waals surface area contributed by atoms with Gasteiger partial charge in [0.25, 0.3) is 0 Å². The average molecular weight is 332 g/mol. The Morgan fingerprint density at radius 2 is 1.45 bits per heavy atom. The maximum absolute atomic E-state index is 6.45. The van der Waals surface area contributed by atoms with E-state index in [1.807, 2.05) is 0 Å². The molecule has 2 heteroatoms. The molecule has 0 aromatic heterocycles. The van der Waals surface area contributed by atoms with Crippen LogP contribution in [0.25, 0.3) is 0 Å². The minimum Gasteiger partial charge on any atom is -0.320 e. The highest BCUT2D eigenvalue weighted by atomic mass is 79.9. The standard InChI is InChI=1S/C18H22BrN/c1-11(2)14-5-7-15(8-6-14)18(20)16-9-13(4)17(19)10-12(16)3/h5-11,18H,20H2,1-4H3. The van der Waals surface area contributed by atoms with Gasteiger partial charge < -0.3 is 5.73 Å². The van der Waals surface area contributed by atoms with Crippen molar-refractivity contribution in [1.82, 2.24) is 0 Å². The van der Waals surface area contributed by atoms with Crippen molar-refractivity contribution >= 4 is 15.9 Å². The molecule has 0 aliphatic rings. The van der Waals surface area contributed by atoms with Crippen LogP contribution in [0.2, 0.25) is 0 Å². The monoisotopic (exact) mass is 331 g/mol. The Morgan fingerprint density at radius 3 is 2.00 bits per heavy atom. The first-order valence-electron chi connectivity index (χ1n) is 7.02. The van der Waals surface area contributed by atoms with Crippen molar-refractivity contribution in [3.8, 4) is 0 Å². The Kier molecular flexibility index (Phi) is 4.66. The SMILES string of the molecule is Cc1cc(C(N)c2ccc(C(C)C)cc2)c(C)cc1Br. The summed E-state index contributed by atoms with van der Waals surface area (Å²) in [6, 6.07) is 12.9. The molecule has 1 unspecified atom stereocenters. The summed E-state index contributed by atoms with van der Waals surface area (Å²) < 4.78 is 1.14. The molecule has 106 valence electrons. The van der Waals surface area contributed by atoms with Gasteiger partial charge in [-0.05, 0) is 53.6 Å². The molecule has 0 radical (unpaired) electrons. The number of halogens is 1. The molecule has 0 saturated heterocycles. The second-order valence-corrected chi connectivity index (χ2v) is 6.61. The van der Waals surface area contributed by atoms with Crippen molar-refractivity contribution in [1.29, 1.82) is 0 Å². The zero-order valence-electron chi connectivity index (χ0n) is 12.6. The van der Waals surface area contributed by atoms with Crippen molar-refractivity contribution < 1.29 is 0 Å². The topological polar surface area (TPSA) is 26.0 Å². The van der Waals surface area contributed by atoms with Crippen molar-refractivity contribution in [3.63, 3.8) is 0 Å². The normalized spacial score (nSPS) is 12.8. The van der Waals surface area contributed by atoms with Gasteiger partial charge >= 0.3 is 0 Å². The Bertz CT molecular complexity index is 600. The lowest BCUT2D eigenvalue weighted by molar-refractivity contribution is 0.842. The first-order chi connectivity index (χ1) is 9.40. The highest BCUT2D eigenvalue weighted by Gasteiger charge is 2.13. The molecule has 2 rings (SSSR count). The number of nitrogens with two attached hydrogens (primary N) is 1. The smallest absolute Gasteiger partial charge is 0.0554 e. The summed E-state index contributed by atoms with van der Waals surface area (Å²) in [4.78, 5) is 0. The van der Waals surface area contributed by atoms with Crippen LogP contribution in [0.5, 0.6) is 0 Å². The number of rotatable bonds is 3. The van der Waals surface area contributed by atoms with E-state index in [9.17, 15) is 0 Å². The van der Waals surface area contributed by atoms with Gasteiger partial charge in [0, 0.05) is 4.47 Å². The number of hydrogen-bond acceptors (Lipinski definition) is 1. The van der Waals surface area contributed by atoms with E-state index in [1.165, 1.54) is 27.8 Å². The first kappa shape index (κ1) is 15.3. The van der Waals surface area contributed by atoms with Crippen LogP contribution in [0, 0.1) is 13.8 Å². The van der Waals surface area contributed by atoms with Crippen LogP contribution in [0.15, 0.2) is 40.9 Å². The molecule has 0 spiro atoms. The molecular formula is C18H22BrN. The lowest BCUT2D eigenvalue weighted by Crippen LogP contribution is -2.13. The second-order valence-electron chi connectivity index (χ2n) is 5.76. The highest BCUT2D eigenvalue weighted by molar-refractivity contribution is 9.10. The maximum atomic E-state index is 6.45. The summed E-state index contributed by atoms with van der Waals surface area (Å²) in [5.41, 5.74) is 12.6. The van der Waals surface area contributed by atoms with Gasteiger partial charge in [0.05, 0.1) is 6.04 Å². The summed E-state index contributed by atoms with van der Waals surface area (Å²) in [5, 5.41) is 0. The number of benzene rings is 2.